The number of ether oxygens (including phenoxy) is 1. The minimum Gasteiger partial charge on any atom is -0.462 e. The van der Waals surface area contributed by atoms with Crippen molar-refractivity contribution < 1.29 is 24.5 Å². The van der Waals surface area contributed by atoms with Crippen molar-refractivity contribution in [3.63, 3.8) is 0 Å². The lowest BCUT2D eigenvalue weighted by Crippen LogP contribution is -2.46. The number of rotatable bonds is 45. The third-order valence-electron chi connectivity index (χ3n) is 11.3. The van der Waals surface area contributed by atoms with E-state index in [1.807, 2.05) is 6.08 Å². The lowest BCUT2D eigenvalue weighted by atomic mass is 10.0. The molecule has 0 aromatic rings. The first-order valence-corrected chi connectivity index (χ1v) is 25.7. The zero-order valence-corrected chi connectivity index (χ0v) is 40.0. The van der Waals surface area contributed by atoms with Crippen LogP contribution < -0.4 is 5.32 Å². The molecular weight excluding hydrogens is 755 g/mol. The molecule has 6 nitrogen and oxygen atoms in total. The molecule has 0 spiro atoms. The standard InChI is InChI=1S/C55H97NO5/c1-4-7-10-13-16-19-21-23-25-26-27-28-29-31-33-36-39-42-45-48-55(60)61-51(46-43-40-37-35-32-30-24-22-20-17-14-11-8-5-2)49-54(59)56-52(50-57)53(58)47-44-41-38-34-18-15-12-9-6-3/h7,10,16,19,23,25,27-28,31,33,39,42,51-53,57-58H,4-6,8-9,11-15,17-18,20-22,24,26,29-30,32,34-38,40-41,43-50H2,1-3H3,(H,56,59)/b10-7-,19-16-,25-23-,28-27-,33-31-,42-39-. The zero-order valence-electron chi connectivity index (χ0n) is 40.0. The summed E-state index contributed by atoms with van der Waals surface area (Å²) < 4.78 is 5.89. The van der Waals surface area contributed by atoms with Crippen LogP contribution in [0.4, 0.5) is 0 Å². The van der Waals surface area contributed by atoms with E-state index in [0.29, 0.717) is 19.3 Å². The smallest absolute Gasteiger partial charge is 0.306 e. The average molecular weight is 852 g/mol. The predicted molar refractivity (Wildman–Crippen MR) is 264 cm³/mol. The van der Waals surface area contributed by atoms with E-state index in [0.717, 1.165) is 77.0 Å². The molecule has 0 heterocycles. The molecule has 352 valence electrons. The van der Waals surface area contributed by atoms with Gasteiger partial charge in [0.25, 0.3) is 0 Å². The molecule has 0 aliphatic carbocycles. The van der Waals surface area contributed by atoms with E-state index in [2.05, 4.69) is 92.9 Å². The molecule has 0 aromatic heterocycles. The topological polar surface area (TPSA) is 95.9 Å². The van der Waals surface area contributed by atoms with Crippen LogP contribution in [0.2, 0.25) is 0 Å². The number of amides is 1. The Morgan fingerprint density at radius 1 is 0.492 bits per heavy atom. The van der Waals surface area contributed by atoms with Crippen LogP contribution in [0.5, 0.6) is 0 Å². The van der Waals surface area contributed by atoms with Crippen molar-refractivity contribution in [3.8, 4) is 0 Å². The molecule has 0 aromatic carbocycles. The fraction of sp³-hybridized carbons (Fsp3) is 0.745. The van der Waals surface area contributed by atoms with E-state index in [-0.39, 0.29) is 31.3 Å². The van der Waals surface area contributed by atoms with Gasteiger partial charge in [-0.15, -0.1) is 0 Å². The van der Waals surface area contributed by atoms with Crippen molar-refractivity contribution >= 4 is 11.9 Å². The Labute approximate surface area is 377 Å². The molecule has 0 rings (SSSR count). The molecule has 0 fully saturated rings. The summed E-state index contributed by atoms with van der Waals surface area (Å²) in [7, 11) is 0. The van der Waals surface area contributed by atoms with Gasteiger partial charge in [0.05, 0.1) is 25.2 Å². The molecule has 0 aliphatic rings. The maximum Gasteiger partial charge on any atom is 0.306 e. The van der Waals surface area contributed by atoms with Crippen LogP contribution in [0.15, 0.2) is 72.9 Å². The molecular formula is C55H97NO5. The Kier molecular flexibility index (Phi) is 46.2. The summed E-state index contributed by atoms with van der Waals surface area (Å²) in [6.07, 6.45) is 61.2. The summed E-state index contributed by atoms with van der Waals surface area (Å²) in [5.41, 5.74) is 0. The van der Waals surface area contributed by atoms with Gasteiger partial charge in [0, 0.05) is 6.42 Å². The number of carbonyl (C=O) groups is 2. The quantitative estimate of drug-likeness (QED) is 0.0322. The van der Waals surface area contributed by atoms with E-state index in [9.17, 15) is 19.8 Å². The molecule has 0 saturated carbocycles. The molecule has 0 bridgehead atoms. The summed E-state index contributed by atoms with van der Waals surface area (Å²) in [6, 6.07) is -0.716. The van der Waals surface area contributed by atoms with Gasteiger partial charge < -0.3 is 20.3 Å². The molecule has 3 N–H and O–H groups in total. The van der Waals surface area contributed by atoms with Gasteiger partial charge in [-0.3, -0.25) is 9.59 Å². The van der Waals surface area contributed by atoms with Crippen molar-refractivity contribution in [3.05, 3.63) is 72.9 Å². The highest BCUT2D eigenvalue weighted by molar-refractivity contribution is 5.77. The van der Waals surface area contributed by atoms with E-state index >= 15 is 0 Å². The Bertz CT molecular complexity index is 1140. The summed E-state index contributed by atoms with van der Waals surface area (Å²) in [5, 5.41) is 23.7. The lowest BCUT2D eigenvalue weighted by molar-refractivity contribution is -0.150. The van der Waals surface area contributed by atoms with Gasteiger partial charge >= 0.3 is 5.97 Å². The minimum absolute atomic E-state index is 0.0470. The van der Waals surface area contributed by atoms with Crippen LogP contribution in [0.3, 0.4) is 0 Å². The fourth-order valence-electron chi connectivity index (χ4n) is 7.46. The highest BCUT2D eigenvalue weighted by atomic mass is 16.5. The normalized spacial score (nSPS) is 13.9. The Morgan fingerprint density at radius 2 is 0.852 bits per heavy atom. The van der Waals surface area contributed by atoms with Crippen LogP contribution in [0.25, 0.3) is 0 Å². The molecule has 3 atom stereocenters. The van der Waals surface area contributed by atoms with E-state index in [4.69, 9.17) is 4.74 Å². The van der Waals surface area contributed by atoms with Crippen LogP contribution in [0.1, 0.15) is 239 Å². The summed E-state index contributed by atoms with van der Waals surface area (Å²) >= 11 is 0. The summed E-state index contributed by atoms with van der Waals surface area (Å²) in [6.45, 7) is 6.34. The number of unbranched alkanes of at least 4 members (excludes halogenated alkanes) is 21. The molecule has 61 heavy (non-hydrogen) atoms. The Hall–Kier alpha value is -2.70. The monoisotopic (exact) mass is 852 g/mol. The van der Waals surface area contributed by atoms with Crippen LogP contribution in [-0.4, -0.2) is 46.9 Å². The number of hydrogen-bond acceptors (Lipinski definition) is 5. The predicted octanol–water partition coefficient (Wildman–Crippen LogP) is 15.4. The van der Waals surface area contributed by atoms with Crippen molar-refractivity contribution in [2.75, 3.05) is 6.61 Å². The number of aliphatic hydroxyl groups is 2. The highest BCUT2D eigenvalue weighted by Gasteiger charge is 2.24. The Balaban J connectivity index is 4.68. The van der Waals surface area contributed by atoms with Crippen molar-refractivity contribution in [2.24, 2.45) is 0 Å². The number of nitrogens with one attached hydrogen (secondary N) is 1. The SMILES string of the molecule is CC/C=C\C/C=C\C/C=C\C/C=C\C/C=C\C/C=C\CCC(=O)OC(CCCCCCCCCCCCCCCC)CC(=O)NC(CO)C(O)CCCCCCCCCCC. The second-order valence-corrected chi connectivity index (χ2v) is 17.2. The zero-order chi connectivity index (χ0) is 44.5. The first kappa shape index (κ1) is 58.3. The summed E-state index contributed by atoms with van der Waals surface area (Å²) in [5.74, 6) is -0.572. The number of allylic oxidation sites excluding steroid dienone is 12. The van der Waals surface area contributed by atoms with Crippen LogP contribution in [0, 0.1) is 0 Å². The van der Waals surface area contributed by atoms with Crippen LogP contribution in [-0.2, 0) is 14.3 Å². The van der Waals surface area contributed by atoms with Crippen molar-refractivity contribution in [1.29, 1.82) is 0 Å². The third kappa shape index (κ3) is 43.7. The third-order valence-corrected chi connectivity index (χ3v) is 11.3. The first-order valence-electron chi connectivity index (χ1n) is 25.7. The highest BCUT2D eigenvalue weighted by Crippen LogP contribution is 2.17. The van der Waals surface area contributed by atoms with Gasteiger partial charge in [-0.25, -0.2) is 0 Å². The molecule has 0 aliphatic heterocycles. The van der Waals surface area contributed by atoms with Crippen LogP contribution >= 0.6 is 0 Å². The first-order chi connectivity index (χ1) is 30.0. The molecule has 3 unspecified atom stereocenters. The Morgan fingerprint density at radius 3 is 1.25 bits per heavy atom. The largest absolute Gasteiger partial charge is 0.462 e. The molecule has 0 saturated heterocycles. The van der Waals surface area contributed by atoms with Crippen molar-refractivity contribution in [1.82, 2.24) is 5.32 Å². The van der Waals surface area contributed by atoms with E-state index in [1.165, 1.54) is 109 Å². The van der Waals surface area contributed by atoms with Gasteiger partial charge in [0.1, 0.15) is 6.10 Å². The van der Waals surface area contributed by atoms with E-state index in [1.54, 1.807) is 0 Å². The van der Waals surface area contributed by atoms with Gasteiger partial charge in [-0.05, 0) is 64.2 Å². The molecule has 6 heteroatoms. The second-order valence-electron chi connectivity index (χ2n) is 17.2. The lowest BCUT2D eigenvalue weighted by Gasteiger charge is -2.24. The number of hydrogen-bond donors (Lipinski definition) is 3. The number of aliphatic hydroxyl groups excluding tert-OH is 2. The van der Waals surface area contributed by atoms with Crippen molar-refractivity contribution in [2.45, 2.75) is 257 Å². The number of esters is 1. The number of carbonyl (C=O) groups excluding carboxylic acids is 2. The molecule has 1 amide bonds. The average Bonchev–Trinajstić information content (AvgIpc) is 3.25. The maximum atomic E-state index is 13.2. The van der Waals surface area contributed by atoms with E-state index < -0.39 is 18.2 Å². The van der Waals surface area contributed by atoms with Gasteiger partial charge in [0.15, 0.2) is 0 Å². The van der Waals surface area contributed by atoms with Gasteiger partial charge in [-0.2, -0.15) is 0 Å². The maximum absolute atomic E-state index is 13.2. The fourth-order valence-corrected chi connectivity index (χ4v) is 7.46. The summed E-state index contributed by atoms with van der Waals surface area (Å²) in [4.78, 5) is 26.1. The minimum atomic E-state index is -0.799. The van der Waals surface area contributed by atoms with Gasteiger partial charge in [0.2, 0.25) is 5.91 Å². The van der Waals surface area contributed by atoms with Gasteiger partial charge in [-0.1, -0.05) is 235 Å². The second kappa shape index (κ2) is 48.3. The molecule has 0 radical (unpaired) electrons.